The maximum atomic E-state index is 13.2. The zero-order chi connectivity index (χ0) is 37.8. The lowest BCUT2D eigenvalue weighted by Crippen LogP contribution is -2.49. The largest absolute Gasteiger partial charge is 0.343 e. The quantitative estimate of drug-likeness (QED) is 0.160. The number of nitrogens with zero attached hydrogens (tertiary/aromatic N) is 6. The molecule has 2 saturated heterocycles. The number of hydrogen-bond acceptors (Lipinski definition) is 7. The highest BCUT2D eigenvalue weighted by Gasteiger charge is 2.30. The first-order valence-corrected chi connectivity index (χ1v) is 20.1. The van der Waals surface area contributed by atoms with Crippen LogP contribution in [-0.2, 0) is 11.2 Å². The lowest BCUT2D eigenvalue weighted by molar-refractivity contribution is -0.133. The van der Waals surface area contributed by atoms with E-state index in [-0.39, 0.29) is 11.9 Å². The minimum Gasteiger partial charge on any atom is -0.343 e. The number of hydrogen-bond donors (Lipinski definition) is 1. The second-order valence-electron chi connectivity index (χ2n) is 14.6. The highest BCUT2D eigenvalue weighted by molar-refractivity contribution is 7.13. The van der Waals surface area contributed by atoms with Gasteiger partial charge >= 0.3 is 0 Å². The van der Waals surface area contributed by atoms with Gasteiger partial charge in [-0.15, -0.1) is 11.3 Å². The van der Waals surface area contributed by atoms with Gasteiger partial charge in [-0.1, -0.05) is 59.8 Å². The van der Waals surface area contributed by atoms with Crippen molar-refractivity contribution in [1.29, 1.82) is 5.26 Å². The molecule has 2 aliphatic heterocycles. The Kier molecular flexibility index (Phi) is 11.6. The zero-order valence-corrected chi connectivity index (χ0v) is 32.8. The Labute approximate surface area is 327 Å². The van der Waals surface area contributed by atoms with Gasteiger partial charge in [0.25, 0.3) is 0 Å². The predicted molar refractivity (Wildman–Crippen MR) is 217 cm³/mol. The van der Waals surface area contributed by atoms with E-state index in [1.165, 1.54) is 16.0 Å². The third-order valence-electron chi connectivity index (χ3n) is 11.1. The summed E-state index contributed by atoms with van der Waals surface area (Å²) in [7, 11) is 0. The molecular formula is C44H46ClN7OS. The van der Waals surface area contributed by atoms with E-state index in [0.29, 0.717) is 29.0 Å². The summed E-state index contributed by atoms with van der Waals surface area (Å²) < 4.78 is 1.90. The standard InChI is InChI=1S/C44H46ClN7OS/c1-29-40(31(3)52(49-29)39-15-14-37(27-46)41(45)25-39)24-34-8-6-32(7-9-34)4-5-33-16-20-50(21-17-33)38-18-22-51(23-19-38)43(53)26-42(47)35-10-12-36(13-11-35)44-30(2)48-28-54-44/h6-15,25,28,33,38,42H,16-24,26,47H2,1-3H3/t42-/m0/s1. The zero-order valence-electron chi connectivity index (χ0n) is 31.2. The Morgan fingerprint density at radius 2 is 1.69 bits per heavy atom. The molecule has 5 aromatic rings. The number of piperidine rings is 2. The molecule has 0 radical (unpaired) electrons. The summed E-state index contributed by atoms with van der Waals surface area (Å²) in [6, 6.07) is 24.5. The van der Waals surface area contributed by atoms with Gasteiger partial charge in [0.1, 0.15) is 6.07 Å². The van der Waals surface area contributed by atoms with E-state index in [0.717, 1.165) is 97.7 Å². The molecule has 0 aliphatic carbocycles. The fourth-order valence-corrected chi connectivity index (χ4v) is 8.82. The van der Waals surface area contributed by atoms with Crippen LogP contribution >= 0.6 is 22.9 Å². The van der Waals surface area contributed by atoms with Gasteiger partial charge in [-0.2, -0.15) is 10.4 Å². The van der Waals surface area contributed by atoms with Crippen LogP contribution in [0.4, 0.5) is 0 Å². The molecule has 276 valence electrons. The summed E-state index contributed by atoms with van der Waals surface area (Å²) in [6.45, 7) is 9.82. The van der Waals surface area contributed by atoms with Gasteiger partial charge in [0, 0.05) is 60.8 Å². The Morgan fingerprint density at radius 1 is 0.963 bits per heavy atom. The number of aromatic nitrogens is 3. The summed E-state index contributed by atoms with van der Waals surface area (Å²) in [4.78, 5) is 23.3. The van der Waals surface area contributed by atoms with E-state index in [1.807, 2.05) is 47.1 Å². The van der Waals surface area contributed by atoms with Crippen molar-refractivity contribution in [2.45, 2.75) is 71.4 Å². The van der Waals surface area contributed by atoms with Crippen LogP contribution in [0.3, 0.4) is 0 Å². The smallest absolute Gasteiger partial charge is 0.224 e. The van der Waals surface area contributed by atoms with E-state index in [1.54, 1.807) is 23.5 Å². The number of likely N-dealkylation sites (tertiary alicyclic amines) is 2. The van der Waals surface area contributed by atoms with Crippen molar-refractivity contribution in [3.8, 4) is 34.0 Å². The van der Waals surface area contributed by atoms with Gasteiger partial charge in [0.2, 0.25) is 5.91 Å². The summed E-state index contributed by atoms with van der Waals surface area (Å²) in [6.07, 6.45) is 5.28. The van der Waals surface area contributed by atoms with Crippen LogP contribution in [-0.4, -0.2) is 62.7 Å². The molecule has 0 saturated carbocycles. The number of halogens is 1. The Balaban J connectivity index is 0.852. The highest BCUT2D eigenvalue weighted by atomic mass is 35.5. The average Bonchev–Trinajstić information content (AvgIpc) is 3.75. The Hall–Kier alpha value is -4.77. The molecule has 2 aromatic heterocycles. The van der Waals surface area contributed by atoms with Crippen molar-refractivity contribution < 1.29 is 4.79 Å². The fraction of sp³-hybridized carbons (Fsp3) is 0.364. The number of rotatable bonds is 8. The van der Waals surface area contributed by atoms with Crippen LogP contribution in [0.1, 0.15) is 83.0 Å². The molecule has 8 nitrogen and oxygen atoms in total. The third kappa shape index (κ3) is 8.46. The SMILES string of the molecule is Cc1ncsc1-c1ccc([C@@H](N)CC(=O)N2CCC(N3CCC(C#Cc4ccc(Cc5c(C)nn(-c6ccc(C#N)c(Cl)c6)c5C)cc4)CC3)CC2)cc1. The molecule has 2 N–H and O–H groups in total. The van der Waals surface area contributed by atoms with Crippen molar-refractivity contribution >= 4 is 28.8 Å². The first-order chi connectivity index (χ1) is 26.2. The number of amides is 1. The van der Waals surface area contributed by atoms with E-state index in [9.17, 15) is 10.1 Å². The number of aryl methyl sites for hydroxylation is 2. The van der Waals surface area contributed by atoms with Gasteiger partial charge in [-0.25, -0.2) is 9.67 Å². The number of benzene rings is 3. The van der Waals surface area contributed by atoms with E-state index >= 15 is 0 Å². The van der Waals surface area contributed by atoms with Crippen molar-refractivity contribution in [3.63, 3.8) is 0 Å². The van der Waals surface area contributed by atoms with Crippen molar-refractivity contribution in [2.75, 3.05) is 26.2 Å². The summed E-state index contributed by atoms with van der Waals surface area (Å²) in [5.41, 5.74) is 18.3. The molecule has 4 heterocycles. The molecule has 3 aromatic carbocycles. The first-order valence-electron chi connectivity index (χ1n) is 18.8. The average molecular weight is 756 g/mol. The van der Waals surface area contributed by atoms with Crippen LogP contribution in [0.15, 0.2) is 72.2 Å². The molecule has 1 amide bonds. The van der Waals surface area contributed by atoms with Crippen molar-refractivity contribution in [2.24, 2.45) is 11.7 Å². The lowest BCUT2D eigenvalue weighted by Gasteiger charge is -2.41. The maximum absolute atomic E-state index is 13.2. The van der Waals surface area contributed by atoms with Gasteiger partial charge in [0.15, 0.2) is 0 Å². The summed E-state index contributed by atoms with van der Waals surface area (Å²) in [5.74, 6) is 7.55. The van der Waals surface area contributed by atoms with Gasteiger partial charge in [-0.05, 0) is 107 Å². The Morgan fingerprint density at radius 3 is 2.33 bits per heavy atom. The first kappa shape index (κ1) is 37.5. The predicted octanol–water partition coefficient (Wildman–Crippen LogP) is 8.18. The van der Waals surface area contributed by atoms with E-state index < -0.39 is 0 Å². The number of thiazole rings is 1. The molecule has 0 unspecified atom stereocenters. The minimum absolute atomic E-state index is 0.150. The molecule has 2 aliphatic rings. The van der Waals surface area contributed by atoms with Gasteiger partial charge in [0.05, 0.1) is 38.0 Å². The van der Waals surface area contributed by atoms with Crippen LogP contribution in [0, 0.1) is 49.9 Å². The lowest BCUT2D eigenvalue weighted by atomic mass is 9.93. The van der Waals surface area contributed by atoms with E-state index in [4.69, 9.17) is 22.4 Å². The second-order valence-corrected chi connectivity index (χ2v) is 15.9. The minimum atomic E-state index is -0.308. The van der Waals surface area contributed by atoms with Gasteiger partial charge < -0.3 is 15.5 Å². The molecule has 1 atom stereocenters. The number of nitriles is 1. The fourth-order valence-electron chi connectivity index (χ4n) is 7.79. The van der Waals surface area contributed by atoms with Gasteiger partial charge in [-0.3, -0.25) is 4.79 Å². The Bertz CT molecular complexity index is 2210. The molecule has 2 fully saturated rings. The molecule has 10 heteroatoms. The van der Waals surface area contributed by atoms with Crippen LogP contribution < -0.4 is 5.73 Å². The number of carbonyl (C=O) groups is 1. The molecule has 0 spiro atoms. The maximum Gasteiger partial charge on any atom is 0.224 e. The third-order valence-corrected chi connectivity index (χ3v) is 12.4. The van der Waals surface area contributed by atoms with Crippen LogP contribution in [0.25, 0.3) is 16.1 Å². The number of carbonyl (C=O) groups excluding carboxylic acids is 1. The molecule has 0 bridgehead atoms. The van der Waals surface area contributed by atoms with E-state index in [2.05, 4.69) is 71.1 Å². The topological polar surface area (TPSA) is 104 Å². The molecular weight excluding hydrogens is 710 g/mol. The monoisotopic (exact) mass is 755 g/mol. The van der Waals surface area contributed by atoms with Crippen LogP contribution in [0.5, 0.6) is 0 Å². The second kappa shape index (κ2) is 16.7. The van der Waals surface area contributed by atoms with Crippen molar-refractivity contribution in [1.82, 2.24) is 24.6 Å². The summed E-state index contributed by atoms with van der Waals surface area (Å²) >= 11 is 7.94. The highest BCUT2D eigenvalue weighted by Crippen LogP contribution is 2.30. The van der Waals surface area contributed by atoms with Crippen LogP contribution in [0.2, 0.25) is 5.02 Å². The molecule has 7 rings (SSSR count). The molecule has 54 heavy (non-hydrogen) atoms. The summed E-state index contributed by atoms with van der Waals surface area (Å²) in [5, 5.41) is 14.4. The number of nitrogens with two attached hydrogens (primary N) is 1. The normalized spacial score (nSPS) is 16.1. The van der Waals surface area contributed by atoms with Crippen molar-refractivity contribution in [3.05, 3.63) is 122 Å².